The van der Waals surface area contributed by atoms with E-state index in [1.807, 2.05) is 32.0 Å². The molecule has 0 radical (unpaired) electrons. The molecule has 0 atom stereocenters. The van der Waals surface area contributed by atoms with E-state index in [1.165, 1.54) is 0 Å². The summed E-state index contributed by atoms with van der Waals surface area (Å²) in [6, 6.07) is 13.1. The van der Waals surface area contributed by atoms with Crippen LogP contribution in [-0.2, 0) is 0 Å². The molecule has 5 heteroatoms. The molecule has 0 saturated heterocycles. The number of hydrogen-bond donors (Lipinski definition) is 1. The highest BCUT2D eigenvalue weighted by Crippen LogP contribution is 2.25. The van der Waals surface area contributed by atoms with Crippen LogP contribution in [0.15, 0.2) is 47.3 Å². The third kappa shape index (κ3) is 2.78. The second kappa shape index (κ2) is 5.73. The van der Waals surface area contributed by atoms with Crippen LogP contribution < -0.4 is 5.69 Å². The van der Waals surface area contributed by atoms with Crippen molar-refractivity contribution in [1.29, 1.82) is 0 Å². The van der Waals surface area contributed by atoms with Crippen LogP contribution in [0.2, 0.25) is 5.02 Å². The lowest BCUT2D eigenvalue weighted by Crippen LogP contribution is -2.15. The molecule has 1 heterocycles. The summed E-state index contributed by atoms with van der Waals surface area (Å²) in [5.74, 6) is 0.915. The van der Waals surface area contributed by atoms with Crippen molar-refractivity contribution in [3.63, 3.8) is 0 Å². The van der Waals surface area contributed by atoms with Gasteiger partial charge in [0, 0.05) is 16.1 Å². The maximum absolute atomic E-state index is 11.9. The first-order valence-electron chi connectivity index (χ1n) is 6.85. The van der Waals surface area contributed by atoms with Gasteiger partial charge in [-0.3, -0.25) is 4.98 Å². The van der Waals surface area contributed by atoms with E-state index in [1.54, 1.807) is 24.3 Å². The van der Waals surface area contributed by atoms with Crippen molar-refractivity contribution < 1.29 is 0 Å². The van der Waals surface area contributed by atoms with Crippen molar-refractivity contribution in [3.8, 4) is 22.8 Å². The van der Waals surface area contributed by atoms with Crippen LogP contribution in [0.1, 0.15) is 11.1 Å². The molecule has 3 aromatic rings. The van der Waals surface area contributed by atoms with Gasteiger partial charge in [-0.1, -0.05) is 29.8 Å². The smallest absolute Gasteiger partial charge is 0.290 e. The fraction of sp³-hybridized carbons (Fsp3) is 0.118. The number of nitrogens with zero attached hydrogens (tertiary/aromatic N) is 2. The van der Waals surface area contributed by atoms with Gasteiger partial charge in [-0.05, 0) is 49.2 Å². The van der Waals surface area contributed by atoms with E-state index in [2.05, 4.69) is 15.0 Å². The predicted molar refractivity (Wildman–Crippen MR) is 88.0 cm³/mol. The lowest BCUT2D eigenvalue weighted by Gasteiger charge is -2.09. The van der Waals surface area contributed by atoms with E-state index >= 15 is 0 Å². The third-order valence-electron chi connectivity index (χ3n) is 3.47. The van der Waals surface area contributed by atoms with E-state index in [-0.39, 0.29) is 0 Å². The van der Waals surface area contributed by atoms with Crippen molar-refractivity contribution in [2.75, 3.05) is 0 Å². The minimum atomic E-state index is -0.419. The van der Waals surface area contributed by atoms with Crippen LogP contribution in [0, 0.1) is 13.8 Å². The Morgan fingerprint density at radius 2 is 1.59 bits per heavy atom. The molecule has 0 aliphatic heterocycles. The van der Waals surface area contributed by atoms with Gasteiger partial charge < -0.3 is 0 Å². The number of nitrogens with one attached hydrogen (secondary N) is 1. The first-order chi connectivity index (χ1) is 10.5. The minimum Gasteiger partial charge on any atom is -0.290 e. The zero-order valence-electron chi connectivity index (χ0n) is 12.2. The van der Waals surface area contributed by atoms with E-state index in [0.717, 1.165) is 22.3 Å². The Bertz CT molecular complexity index is 865. The van der Waals surface area contributed by atoms with E-state index in [0.29, 0.717) is 16.7 Å². The van der Waals surface area contributed by atoms with Gasteiger partial charge in [-0.25, -0.2) is 9.78 Å². The number of benzene rings is 2. The summed E-state index contributed by atoms with van der Waals surface area (Å²) in [7, 11) is 0. The summed E-state index contributed by atoms with van der Waals surface area (Å²) in [5, 5.41) is 0.628. The number of aromatic nitrogens is 3. The molecule has 0 spiro atoms. The van der Waals surface area contributed by atoms with Crippen LogP contribution in [0.3, 0.4) is 0 Å². The Morgan fingerprint density at radius 1 is 0.955 bits per heavy atom. The zero-order valence-corrected chi connectivity index (χ0v) is 13.0. The van der Waals surface area contributed by atoms with Crippen LogP contribution >= 0.6 is 11.6 Å². The summed E-state index contributed by atoms with van der Waals surface area (Å²) in [6.45, 7) is 3.98. The highest BCUT2D eigenvalue weighted by molar-refractivity contribution is 6.30. The number of aromatic amines is 1. The molecule has 0 saturated carbocycles. The van der Waals surface area contributed by atoms with Crippen molar-refractivity contribution in [2.45, 2.75) is 13.8 Å². The Labute approximate surface area is 132 Å². The molecule has 1 N–H and O–H groups in total. The van der Waals surface area contributed by atoms with E-state index in [4.69, 9.17) is 11.6 Å². The normalized spacial score (nSPS) is 10.7. The molecule has 2 aromatic carbocycles. The van der Waals surface area contributed by atoms with E-state index in [9.17, 15) is 4.79 Å². The average Bonchev–Trinajstić information content (AvgIpc) is 2.47. The van der Waals surface area contributed by atoms with Gasteiger partial charge in [-0.2, -0.15) is 4.98 Å². The summed E-state index contributed by atoms with van der Waals surface area (Å²) in [5.41, 5.74) is 3.37. The second-order valence-corrected chi connectivity index (χ2v) is 5.54. The number of halogens is 1. The lowest BCUT2D eigenvalue weighted by atomic mass is 10.0. The highest BCUT2D eigenvalue weighted by atomic mass is 35.5. The standard InChI is InChI=1S/C17H14ClN3O/c1-10-4-3-5-11(2)14(10)16-19-15(20-17(22)21-16)12-6-8-13(18)9-7-12/h3-9H,1-2H3,(H,19,20,21,22). The highest BCUT2D eigenvalue weighted by Gasteiger charge is 2.11. The Balaban J connectivity index is 2.19. The predicted octanol–water partition coefficient (Wildman–Crippen LogP) is 3.77. The maximum atomic E-state index is 11.9. The molecule has 0 amide bonds. The molecule has 3 rings (SSSR count). The second-order valence-electron chi connectivity index (χ2n) is 5.10. The van der Waals surface area contributed by atoms with Crippen LogP contribution in [0.25, 0.3) is 22.8 Å². The zero-order chi connectivity index (χ0) is 15.7. The summed E-state index contributed by atoms with van der Waals surface area (Å²) < 4.78 is 0. The topological polar surface area (TPSA) is 58.6 Å². The first-order valence-corrected chi connectivity index (χ1v) is 7.23. The molecule has 110 valence electrons. The van der Waals surface area contributed by atoms with Gasteiger partial charge in [0.05, 0.1) is 0 Å². The summed E-state index contributed by atoms with van der Waals surface area (Å²) in [4.78, 5) is 23.1. The number of rotatable bonds is 2. The van der Waals surface area contributed by atoms with Crippen LogP contribution in [0.4, 0.5) is 0 Å². The average molecular weight is 312 g/mol. The quantitative estimate of drug-likeness (QED) is 0.783. The van der Waals surface area contributed by atoms with E-state index < -0.39 is 5.69 Å². The fourth-order valence-corrected chi connectivity index (χ4v) is 2.54. The largest absolute Gasteiger partial charge is 0.348 e. The van der Waals surface area contributed by atoms with Gasteiger partial charge in [-0.15, -0.1) is 0 Å². The van der Waals surface area contributed by atoms with Gasteiger partial charge in [0.2, 0.25) is 0 Å². The van der Waals surface area contributed by atoms with Crippen LogP contribution in [0.5, 0.6) is 0 Å². The Kier molecular flexibility index (Phi) is 3.77. The summed E-state index contributed by atoms with van der Waals surface area (Å²) in [6.07, 6.45) is 0. The van der Waals surface area contributed by atoms with Gasteiger partial charge in [0.15, 0.2) is 5.82 Å². The van der Waals surface area contributed by atoms with Crippen molar-refractivity contribution in [2.24, 2.45) is 0 Å². The fourth-order valence-electron chi connectivity index (χ4n) is 2.42. The molecule has 0 bridgehead atoms. The molecule has 0 fully saturated rings. The lowest BCUT2D eigenvalue weighted by molar-refractivity contribution is 0.999. The van der Waals surface area contributed by atoms with Crippen molar-refractivity contribution >= 4 is 11.6 Å². The van der Waals surface area contributed by atoms with Crippen molar-refractivity contribution in [3.05, 3.63) is 69.1 Å². The molecule has 0 aliphatic carbocycles. The Morgan fingerprint density at radius 3 is 2.23 bits per heavy atom. The molecule has 0 unspecified atom stereocenters. The third-order valence-corrected chi connectivity index (χ3v) is 3.72. The maximum Gasteiger partial charge on any atom is 0.348 e. The molecular weight excluding hydrogens is 298 g/mol. The monoisotopic (exact) mass is 311 g/mol. The van der Waals surface area contributed by atoms with Gasteiger partial charge in [0.1, 0.15) is 5.82 Å². The molecule has 4 nitrogen and oxygen atoms in total. The molecule has 0 aliphatic rings. The summed E-state index contributed by atoms with van der Waals surface area (Å²) >= 11 is 5.89. The van der Waals surface area contributed by atoms with Crippen LogP contribution in [-0.4, -0.2) is 15.0 Å². The van der Waals surface area contributed by atoms with Gasteiger partial charge in [0.25, 0.3) is 0 Å². The minimum absolute atomic E-state index is 0.387. The number of aryl methyl sites for hydroxylation is 2. The first kappa shape index (κ1) is 14.5. The van der Waals surface area contributed by atoms with Gasteiger partial charge >= 0.3 is 5.69 Å². The number of H-pyrrole nitrogens is 1. The SMILES string of the molecule is Cc1cccc(C)c1-c1nc(-c2ccc(Cl)cc2)nc(=O)[nH]1. The molecule has 22 heavy (non-hydrogen) atoms. The molecular formula is C17H14ClN3O. The number of hydrogen-bond acceptors (Lipinski definition) is 3. The van der Waals surface area contributed by atoms with Crippen molar-refractivity contribution in [1.82, 2.24) is 15.0 Å². The molecule has 1 aromatic heterocycles. The Hall–Kier alpha value is -2.46.